The first-order valence-electron chi connectivity index (χ1n) is 8.68. The minimum Gasteiger partial charge on any atom is -0.315 e. The van der Waals surface area contributed by atoms with Crippen LogP contribution in [0.15, 0.2) is 33.4 Å². The van der Waals surface area contributed by atoms with Crippen LogP contribution in [-0.4, -0.2) is 29.6 Å². The van der Waals surface area contributed by atoms with E-state index in [-0.39, 0.29) is 22.7 Å². The van der Waals surface area contributed by atoms with Gasteiger partial charge in [-0.15, -0.1) is 11.3 Å². The average molecular weight is 500 g/mol. The van der Waals surface area contributed by atoms with Crippen molar-refractivity contribution in [2.75, 3.05) is 5.32 Å². The first-order chi connectivity index (χ1) is 14.7. The van der Waals surface area contributed by atoms with Gasteiger partial charge in [0.05, 0.1) is 27.1 Å². The number of anilines is 1. The third-order valence-corrected chi connectivity index (χ3v) is 6.52. The fourth-order valence-electron chi connectivity index (χ4n) is 3.00. The molecule has 0 aliphatic heterocycles. The molecule has 1 aromatic carbocycles. The highest BCUT2D eigenvalue weighted by molar-refractivity contribution is 7.14. The Bertz CT molecular complexity index is 1450. The number of hydrogen-bond donors (Lipinski definition) is 1. The van der Waals surface area contributed by atoms with Crippen LogP contribution in [0.5, 0.6) is 0 Å². The van der Waals surface area contributed by atoms with Crippen LogP contribution in [0.3, 0.4) is 0 Å². The van der Waals surface area contributed by atoms with E-state index in [0.29, 0.717) is 26.4 Å². The Hall–Kier alpha value is -2.66. The number of aryl methyl sites for hydroxylation is 1. The van der Waals surface area contributed by atoms with Crippen molar-refractivity contribution in [3.63, 3.8) is 0 Å². The summed E-state index contributed by atoms with van der Waals surface area (Å²) >= 11 is 19.3. The molecule has 9 nitrogen and oxygen atoms in total. The second-order valence-electron chi connectivity index (χ2n) is 6.59. The summed E-state index contributed by atoms with van der Waals surface area (Å²) < 4.78 is 3.61. The smallest absolute Gasteiger partial charge is 0.315 e. The lowest BCUT2D eigenvalue weighted by Crippen LogP contribution is -2.37. The van der Waals surface area contributed by atoms with Gasteiger partial charge in [0.15, 0.2) is 16.3 Å². The molecule has 0 saturated carbocycles. The van der Waals surface area contributed by atoms with Gasteiger partial charge in [-0.25, -0.2) is 14.8 Å². The van der Waals surface area contributed by atoms with Crippen molar-refractivity contribution < 1.29 is 4.79 Å². The number of hydrogen-bond acceptors (Lipinski definition) is 6. The summed E-state index contributed by atoms with van der Waals surface area (Å²) in [4.78, 5) is 45.5. The van der Waals surface area contributed by atoms with Crippen molar-refractivity contribution in [1.82, 2.24) is 23.7 Å². The van der Waals surface area contributed by atoms with Crippen LogP contribution in [0.25, 0.3) is 22.4 Å². The van der Waals surface area contributed by atoms with Crippen LogP contribution in [0.4, 0.5) is 5.13 Å². The maximum atomic E-state index is 12.5. The van der Waals surface area contributed by atoms with Gasteiger partial charge in [-0.1, -0.05) is 34.8 Å². The van der Waals surface area contributed by atoms with Gasteiger partial charge >= 0.3 is 5.69 Å². The number of carbonyl (C=O) groups excluding carboxylic acids is 1. The van der Waals surface area contributed by atoms with Gasteiger partial charge in [0.1, 0.15) is 6.54 Å². The zero-order chi connectivity index (χ0) is 22.4. The lowest BCUT2D eigenvalue weighted by molar-refractivity contribution is -0.116. The molecule has 0 aliphatic rings. The highest BCUT2D eigenvalue weighted by atomic mass is 35.5. The quantitative estimate of drug-likeness (QED) is 0.434. The first-order valence-corrected chi connectivity index (χ1v) is 10.7. The highest BCUT2D eigenvalue weighted by Gasteiger charge is 2.17. The molecule has 0 bridgehead atoms. The van der Waals surface area contributed by atoms with Gasteiger partial charge in [-0.2, -0.15) is 0 Å². The van der Waals surface area contributed by atoms with E-state index in [2.05, 4.69) is 15.3 Å². The van der Waals surface area contributed by atoms with Crippen LogP contribution in [0.2, 0.25) is 15.1 Å². The summed E-state index contributed by atoms with van der Waals surface area (Å²) in [5.41, 5.74) is 0.555. The minimum absolute atomic E-state index is 0.157. The molecule has 0 atom stereocenters. The summed E-state index contributed by atoms with van der Waals surface area (Å²) in [5.74, 6) is -0.414. The molecular weight excluding hydrogens is 487 g/mol. The summed E-state index contributed by atoms with van der Waals surface area (Å²) in [6.45, 7) is -0.183. The number of carbonyl (C=O) groups is 1. The first kappa shape index (κ1) is 21.6. The third kappa shape index (κ3) is 3.87. The Morgan fingerprint density at radius 2 is 1.81 bits per heavy atom. The summed E-state index contributed by atoms with van der Waals surface area (Å²) in [6, 6.07) is 3.27. The van der Waals surface area contributed by atoms with Crippen LogP contribution in [0, 0.1) is 0 Å². The molecule has 3 aromatic heterocycles. The number of aromatic nitrogens is 5. The molecule has 1 amide bonds. The SMILES string of the molecule is Cn1c(=O)c2c(ncn2CC(=O)Nc2nc(-c3cc(Cl)c(Cl)c(Cl)c3)cs2)n(C)c1=O. The van der Waals surface area contributed by atoms with Crippen LogP contribution in [-0.2, 0) is 25.4 Å². The molecule has 160 valence electrons. The Kier molecular flexibility index (Phi) is 5.65. The van der Waals surface area contributed by atoms with Crippen molar-refractivity contribution in [2.24, 2.45) is 14.1 Å². The summed E-state index contributed by atoms with van der Waals surface area (Å²) in [7, 11) is 2.88. The summed E-state index contributed by atoms with van der Waals surface area (Å²) in [6.07, 6.45) is 1.34. The number of thiazole rings is 1. The molecule has 1 N–H and O–H groups in total. The average Bonchev–Trinajstić information content (AvgIpc) is 3.36. The fourth-order valence-corrected chi connectivity index (χ4v) is 4.33. The zero-order valence-electron chi connectivity index (χ0n) is 16.0. The van der Waals surface area contributed by atoms with Crippen molar-refractivity contribution in [1.29, 1.82) is 0 Å². The standard InChI is InChI=1S/C18H13Cl3N6O3S/c1-25-15-14(16(29)26(2)18(25)30)27(7-22-15)5-12(28)24-17-23-11(6-31-17)8-3-9(19)13(21)10(20)4-8/h3-4,6-7H,5H2,1-2H3,(H,23,24,28). The predicted molar refractivity (Wildman–Crippen MR) is 121 cm³/mol. The van der Waals surface area contributed by atoms with Crippen LogP contribution < -0.4 is 16.6 Å². The van der Waals surface area contributed by atoms with Gasteiger partial charge in [-0.3, -0.25) is 18.7 Å². The molecule has 31 heavy (non-hydrogen) atoms. The Labute approximate surface area is 193 Å². The molecular formula is C18H13Cl3N6O3S. The van der Waals surface area contributed by atoms with Crippen molar-refractivity contribution in [3.8, 4) is 11.3 Å². The Morgan fingerprint density at radius 1 is 1.13 bits per heavy atom. The van der Waals surface area contributed by atoms with E-state index in [9.17, 15) is 14.4 Å². The number of halogens is 3. The van der Waals surface area contributed by atoms with E-state index < -0.39 is 17.2 Å². The maximum absolute atomic E-state index is 12.5. The van der Waals surface area contributed by atoms with E-state index in [4.69, 9.17) is 34.8 Å². The van der Waals surface area contributed by atoms with Gasteiger partial charge in [-0.05, 0) is 12.1 Å². The third-order valence-electron chi connectivity index (χ3n) is 4.56. The van der Waals surface area contributed by atoms with Gasteiger partial charge in [0.25, 0.3) is 5.56 Å². The molecule has 0 unspecified atom stereocenters. The Balaban J connectivity index is 1.57. The molecule has 0 spiro atoms. The lowest BCUT2D eigenvalue weighted by atomic mass is 10.2. The van der Waals surface area contributed by atoms with E-state index >= 15 is 0 Å². The highest BCUT2D eigenvalue weighted by Crippen LogP contribution is 2.35. The van der Waals surface area contributed by atoms with Crippen molar-refractivity contribution in [3.05, 3.63) is 59.7 Å². The second-order valence-corrected chi connectivity index (χ2v) is 8.64. The maximum Gasteiger partial charge on any atom is 0.332 e. The minimum atomic E-state index is -0.531. The molecule has 13 heteroatoms. The normalized spacial score (nSPS) is 11.3. The van der Waals surface area contributed by atoms with Crippen molar-refractivity contribution >= 4 is 68.3 Å². The van der Waals surface area contributed by atoms with E-state index in [1.54, 1.807) is 17.5 Å². The predicted octanol–water partition coefficient (Wildman–Crippen LogP) is 3.16. The van der Waals surface area contributed by atoms with E-state index in [0.717, 1.165) is 4.57 Å². The number of rotatable bonds is 4. The van der Waals surface area contributed by atoms with E-state index in [1.807, 2.05) is 0 Å². The van der Waals surface area contributed by atoms with E-state index in [1.165, 1.54) is 40.9 Å². The zero-order valence-corrected chi connectivity index (χ0v) is 19.1. The molecule has 0 aliphatic carbocycles. The second kappa shape index (κ2) is 8.12. The van der Waals surface area contributed by atoms with Crippen molar-refractivity contribution in [2.45, 2.75) is 6.54 Å². The van der Waals surface area contributed by atoms with Gasteiger partial charge in [0.2, 0.25) is 5.91 Å². The molecule has 4 rings (SSSR count). The van der Waals surface area contributed by atoms with Crippen LogP contribution >= 0.6 is 46.1 Å². The molecule has 0 fully saturated rings. The molecule has 0 radical (unpaired) electrons. The number of amides is 1. The number of nitrogens with one attached hydrogen (secondary N) is 1. The number of benzene rings is 1. The lowest BCUT2D eigenvalue weighted by Gasteiger charge is -2.06. The number of nitrogens with zero attached hydrogens (tertiary/aromatic N) is 5. The largest absolute Gasteiger partial charge is 0.332 e. The van der Waals surface area contributed by atoms with Crippen LogP contribution in [0.1, 0.15) is 0 Å². The van der Waals surface area contributed by atoms with Gasteiger partial charge < -0.3 is 9.88 Å². The summed E-state index contributed by atoms with van der Waals surface area (Å²) in [5, 5.41) is 5.63. The topological polar surface area (TPSA) is 104 Å². The Morgan fingerprint density at radius 3 is 2.48 bits per heavy atom. The fraction of sp³-hybridized carbons (Fsp3) is 0.167. The number of fused-ring (bicyclic) bond motifs is 1. The molecule has 4 aromatic rings. The number of imidazole rings is 1. The van der Waals surface area contributed by atoms with Gasteiger partial charge in [0, 0.05) is 25.0 Å². The monoisotopic (exact) mass is 498 g/mol. The molecule has 3 heterocycles. The molecule has 0 saturated heterocycles.